The van der Waals surface area contributed by atoms with Gasteiger partial charge in [0.2, 0.25) is 0 Å². The lowest BCUT2D eigenvalue weighted by molar-refractivity contribution is 0.0690. The van der Waals surface area contributed by atoms with Gasteiger partial charge in [-0.15, -0.1) is 0 Å². The van der Waals surface area contributed by atoms with Gasteiger partial charge in [-0.2, -0.15) is 0 Å². The van der Waals surface area contributed by atoms with E-state index < -0.39 is 11.8 Å². The number of carboxylic acids is 1. The van der Waals surface area contributed by atoms with Gasteiger partial charge in [-0.05, 0) is 19.1 Å². The number of benzene rings is 1. The minimum atomic E-state index is -1.18. The summed E-state index contributed by atoms with van der Waals surface area (Å²) < 4.78 is 18.7. The third kappa shape index (κ3) is 3.19. The van der Waals surface area contributed by atoms with E-state index in [1.165, 1.54) is 18.3 Å². The van der Waals surface area contributed by atoms with Gasteiger partial charge in [-0.3, -0.25) is 4.98 Å². The number of carbonyl (C=O) groups is 1. The van der Waals surface area contributed by atoms with Crippen LogP contribution in [-0.2, 0) is 0 Å². The van der Waals surface area contributed by atoms with Crippen LogP contribution in [0, 0.1) is 5.82 Å². The van der Waals surface area contributed by atoms with Crippen LogP contribution >= 0.6 is 0 Å². The van der Waals surface area contributed by atoms with Gasteiger partial charge in [0, 0.05) is 11.8 Å². The zero-order valence-corrected chi connectivity index (χ0v) is 10.6. The second kappa shape index (κ2) is 5.96. The molecule has 0 unspecified atom stereocenters. The first kappa shape index (κ1) is 13.7. The van der Waals surface area contributed by atoms with Gasteiger partial charge in [0.15, 0.2) is 17.3 Å². The second-order valence-corrected chi connectivity index (χ2v) is 3.80. The standard InChI is InChI=1S/C13H12FN3O3/c1-2-20-11-4-3-8(5-9(11)14)16-12-7-15-6-10(17-12)13(18)19/h3-7H,2H2,1H3,(H,16,17)(H,18,19). The molecule has 0 saturated heterocycles. The van der Waals surface area contributed by atoms with Crippen LogP contribution < -0.4 is 10.1 Å². The van der Waals surface area contributed by atoms with E-state index in [2.05, 4.69) is 15.3 Å². The molecule has 6 nitrogen and oxygen atoms in total. The summed E-state index contributed by atoms with van der Waals surface area (Å²) in [5.41, 5.74) is 0.226. The zero-order chi connectivity index (χ0) is 14.5. The average molecular weight is 277 g/mol. The molecular formula is C13H12FN3O3. The van der Waals surface area contributed by atoms with E-state index in [0.29, 0.717) is 12.3 Å². The van der Waals surface area contributed by atoms with Crippen molar-refractivity contribution in [3.63, 3.8) is 0 Å². The number of anilines is 2. The topological polar surface area (TPSA) is 84.3 Å². The first-order valence-corrected chi connectivity index (χ1v) is 5.85. The van der Waals surface area contributed by atoms with Crippen molar-refractivity contribution < 1.29 is 19.0 Å². The summed E-state index contributed by atoms with van der Waals surface area (Å²) in [5.74, 6) is -1.32. The molecule has 1 aromatic heterocycles. The highest BCUT2D eigenvalue weighted by molar-refractivity contribution is 5.85. The molecule has 2 N–H and O–H groups in total. The Hall–Kier alpha value is -2.70. The predicted molar refractivity (Wildman–Crippen MR) is 69.8 cm³/mol. The fourth-order valence-electron chi connectivity index (χ4n) is 1.53. The molecule has 1 heterocycles. The van der Waals surface area contributed by atoms with Crippen LogP contribution in [0.25, 0.3) is 0 Å². The van der Waals surface area contributed by atoms with Crippen molar-refractivity contribution in [1.29, 1.82) is 0 Å². The highest BCUT2D eigenvalue weighted by Gasteiger charge is 2.08. The lowest BCUT2D eigenvalue weighted by Crippen LogP contribution is -2.04. The lowest BCUT2D eigenvalue weighted by atomic mass is 10.3. The number of aromatic carboxylic acids is 1. The van der Waals surface area contributed by atoms with Crippen molar-refractivity contribution in [1.82, 2.24) is 9.97 Å². The molecule has 0 aliphatic rings. The minimum Gasteiger partial charge on any atom is -0.491 e. The van der Waals surface area contributed by atoms with Crippen molar-refractivity contribution >= 4 is 17.5 Å². The number of halogens is 1. The van der Waals surface area contributed by atoms with Crippen LogP contribution in [0.5, 0.6) is 5.75 Å². The highest BCUT2D eigenvalue weighted by atomic mass is 19.1. The molecule has 0 amide bonds. The van der Waals surface area contributed by atoms with Gasteiger partial charge < -0.3 is 15.2 Å². The van der Waals surface area contributed by atoms with Crippen LogP contribution in [0.3, 0.4) is 0 Å². The molecule has 7 heteroatoms. The summed E-state index contributed by atoms with van der Waals surface area (Å²) in [6.07, 6.45) is 2.48. The number of nitrogens with one attached hydrogen (secondary N) is 1. The van der Waals surface area contributed by atoms with Crippen molar-refractivity contribution in [2.24, 2.45) is 0 Å². The molecule has 0 radical (unpaired) electrons. The number of rotatable bonds is 5. The van der Waals surface area contributed by atoms with Crippen molar-refractivity contribution in [2.45, 2.75) is 6.92 Å². The zero-order valence-electron chi connectivity index (χ0n) is 10.6. The van der Waals surface area contributed by atoms with E-state index in [0.717, 1.165) is 6.20 Å². The largest absolute Gasteiger partial charge is 0.491 e. The Morgan fingerprint density at radius 2 is 2.25 bits per heavy atom. The van der Waals surface area contributed by atoms with E-state index in [1.807, 2.05) is 0 Å². The molecule has 0 bridgehead atoms. The normalized spacial score (nSPS) is 10.1. The molecule has 0 aliphatic heterocycles. The fraction of sp³-hybridized carbons (Fsp3) is 0.154. The smallest absolute Gasteiger partial charge is 0.356 e. The van der Waals surface area contributed by atoms with Gasteiger partial charge in [0.1, 0.15) is 5.82 Å². The third-order valence-corrected chi connectivity index (χ3v) is 2.36. The van der Waals surface area contributed by atoms with Crippen LogP contribution in [0.4, 0.5) is 15.9 Å². The van der Waals surface area contributed by atoms with E-state index >= 15 is 0 Å². The maximum atomic E-state index is 13.7. The van der Waals surface area contributed by atoms with Crippen LogP contribution in [0.15, 0.2) is 30.6 Å². The Balaban J connectivity index is 2.19. The fourth-order valence-corrected chi connectivity index (χ4v) is 1.53. The molecule has 2 aromatic rings. The highest BCUT2D eigenvalue weighted by Crippen LogP contribution is 2.23. The molecule has 20 heavy (non-hydrogen) atoms. The Morgan fingerprint density at radius 1 is 1.45 bits per heavy atom. The summed E-state index contributed by atoms with van der Waals surface area (Å²) in [5, 5.41) is 11.6. The number of ether oxygens (including phenoxy) is 1. The monoisotopic (exact) mass is 277 g/mol. The second-order valence-electron chi connectivity index (χ2n) is 3.80. The Bertz CT molecular complexity index is 634. The van der Waals surface area contributed by atoms with Crippen LogP contribution in [-0.4, -0.2) is 27.7 Å². The van der Waals surface area contributed by atoms with Gasteiger partial charge in [-0.1, -0.05) is 0 Å². The van der Waals surface area contributed by atoms with Crippen molar-refractivity contribution in [3.8, 4) is 5.75 Å². The first-order chi connectivity index (χ1) is 9.60. The van der Waals surface area contributed by atoms with Gasteiger partial charge >= 0.3 is 5.97 Å². The molecule has 0 spiro atoms. The molecule has 2 rings (SSSR count). The summed E-state index contributed by atoms with van der Waals surface area (Å²) in [7, 11) is 0. The van der Waals surface area contributed by atoms with Crippen LogP contribution in [0.2, 0.25) is 0 Å². The maximum absolute atomic E-state index is 13.7. The van der Waals surface area contributed by atoms with E-state index in [4.69, 9.17) is 9.84 Å². The quantitative estimate of drug-likeness (QED) is 0.873. The molecular weight excluding hydrogens is 265 g/mol. The van der Waals surface area contributed by atoms with Crippen molar-refractivity contribution in [3.05, 3.63) is 42.1 Å². The molecule has 104 valence electrons. The molecule has 1 aromatic carbocycles. The van der Waals surface area contributed by atoms with E-state index in [9.17, 15) is 9.18 Å². The minimum absolute atomic E-state index is 0.156. The third-order valence-electron chi connectivity index (χ3n) is 2.36. The Labute approximate surface area is 114 Å². The van der Waals surface area contributed by atoms with E-state index in [1.54, 1.807) is 13.0 Å². The summed E-state index contributed by atoms with van der Waals surface area (Å²) in [6.45, 7) is 2.13. The van der Waals surface area contributed by atoms with Gasteiger partial charge in [0.25, 0.3) is 0 Å². The number of hydrogen-bond acceptors (Lipinski definition) is 5. The molecule has 0 aliphatic carbocycles. The summed E-state index contributed by atoms with van der Waals surface area (Å²) in [4.78, 5) is 18.3. The maximum Gasteiger partial charge on any atom is 0.356 e. The number of hydrogen-bond donors (Lipinski definition) is 2. The SMILES string of the molecule is CCOc1ccc(Nc2cncc(C(=O)O)n2)cc1F. The lowest BCUT2D eigenvalue weighted by Gasteiger charge is -2.08. The molecule has 0 fully saturated rings. The van der Waals surface area contributed by atoms with E-state index in [-0.39, 0.29) is 17.3 Å². The first-order valence-electron chi connectivity index (χ1n) is 5.85. The van der Waals surface area contributed by atoms with Crippen molar-refractivity contribution in [2.75, 3.05) is 11.9 Å². The van der Waals surface area contributed by atoms with Gasteiger partial charge in [-0.25, -0.2) is 14.2 Å². The summed E-state index contributed by atoms with van der Waals surface area (Å²) in [6, 6.07) is 4.32. The number of nitrogens with zero attached hydrogens (tertiary/aromatic N) is 2. The molecule has 0 saturated carbocycles. The summed E-state index contributed by atoms with van der Waals surface area (Å²) >= 11 is 0. The van der Waals surface area contributed by atoms with Crippen LogP contribution in [0.1, 0.15) is 17.4 Å². The number of carboxylic acid groups (broad SMARTS) is 1. The molecule has 0 atom stereocenters. The Kier molecular flexibility index (Phi) is 4.09. The average Bonchev–Trinajstić information content (AvgIpc) is 2.42. The van der Waals surface area contributed by atoms with Gasteiger partial charge in [0.05, 0.1) is 19.0 Å². The predicted octanol–water partition coefficient (Wildman–Crippen LogP) is 2.46. The number of aromatic nitrogens is 2. The Morgan fingerprint density at radius 3 is 2.90 bits per heavy atom.